The SMILES string of the molecule is CN(Cc1cccc(F)c1)C(=O)c1ccc(-c2ccccc2F)o1. The van der Waals surface area contributed by atoms with E-state index in [2.05, 4.69) is 0 Å². The molecule has 0 N–H and O–H groups in total. The predicted octanol–water partition coefficient (Wildman–Crippen LogP) is 4.50. The van der Waals surface area contributed by atoms with Gasteiger partial charge in [-0.2, -0.15) is 0 Å². The van der Waals surface area contributed by atoms with Crippen LogP contribution >= 0.6 is 0 Å². The summed E-state index contributed by atoms with van der Waals surface area (Å²) in [5.74, 6) is -0.739. The maximum atomic E-state index is 13.8. The highest BCUT2D eigenvalue weighted by molar-refractivity contribution is 5.91. The molecule has 0 aliphatic heterocycles. The average Bonchev–Trinajstić information content (AvgIpc) is 3.04. The van der Waals surface area contributed by atoms with Gasteiger partial charge in [-0.3, -0.25) is 4.79 Å². The summed E-state index contributed by atoms with van der Waals surface area (Å²) >= 11 is 0. The molecule has 0 saturated carbocycles. The molecule has 24 heavy (non-hydrogen) atoms. The molecule has 2 aromatic carbocycles. The largest absolute Gasteiger partial charge is 0.451 e. The highest BCUT2D eigenvalue weighted by atomic mass is 19.1. The van der Waals surface area contributed by atoms with E-state index < -0.39 is 5.82 Å². The van der Waals surface area contributed by atoms with Crippen LogP contribution in [0.1, 0.15) is 16.1 Å². The first-order chi connectivity index (χ1) is 11.5. The molecule has 0 spiro atoms. The normalized spacial score (nSPS) is 10.6. The second-order valence-electron chi connectivity index (χ2n) is 5.43. The third kappa shape index (κ3) is 3.35. The Morgan fingerprint density at radius 1 is 1.04 bits per heavy atom. The van der Waals surface area contributed by atoms with Gasteiger partial charge in [-0.05, 0) is 42.0 Å². The first-order valence-electron chi connectivity index (χ1n) is 7.39. The van der Waals surface area contributed by atoms with Crippen LogP contribution in [0.3, 0.4) is 0 Å². The molecule has 0 bridgehead atoms. The van der Waals surface area contributed by atoms with Crippen molar-refractivity contribution in [3.63, 3.8) is 0 Å². The van der Waals surface area contributed by atoms with E-state index >= 15 is 0 Å². The van der Waals surface area contributed by atoms with Crippen LogP contribution < -0.4 is 0 Å². The fourth-order valence-electron chi connectivity index (χ4n) is 2.43. The summed E-state index contributed by atoms with van der Waals surface area (Å²) < 4.78 is 32.5. The van der Waals surface area contributed by atoms with Gasteiger partial charge in [0.05, 0.1) is 5.56 Å². The molecular formula is C19H15F2NO2. The summed E-state index contributed by atoms with van der Waals surface area (Å²) in [5.41, 5.74) is 0.969. The minimum atomic E-state index is -0.418. The molecule has 3 aromatic rings. The first-order valence-corrected chi connectivity index (χ1v) is 7.39. The topological polar surface area (TPSA) is 33.5 Å². The molecule has 1 heterocycles. The van der Waals surface area contributed by atoms with E-state index in [4.69, 9.17) is 4.42 Å². The van der Waals surface area contributed by atoms with E-state index in [9.17, 15) is 13.6 Å². The molecule has 5 heteroatoms. The fraction of sp³-hybridized carbons (Fsp3) is 0.105. The number of hydrogen-bond donors (Lipinski definition) is 0. The number of nitrogens with zero attached hydrogens (tertiary/aromatic N) is 1. The van der Waals surface area contributed by atoms with Gasteiger partial charge in [-0.15, -0.1) is 0 Å². The van der Waals surface area contributed by atoms with Gasteiger partial charge in [-0.1, -0.05) is 24.3 Å². The standard InChI is InChI=1S/C19H15F2NO2/c1-22(12-13-5-4-6-14(20)11-13)19(23)18-10-9-17(24-18)15-7-2-3-8-16(15)21/h2-11H,12H2,1H3. The Hall–Kier alpha value is -2.95. The van der Waals surface area contributed by atoms with Crippen molar-refractivity contribution in [2.24, 2.45) is 0 Å². The predicted molar refractivity (Wildman–Crippen MR) is 86.3 cm³/mol. The Morgan fingerprint density at radius 3 is 2.58 bits per heavy atom. The molecule has 0 aliphatic carbocycles. The van der Waals surface area contributed by atoms with Gasteiger partial charge in [0.15, 0.2) is 5.76 Å². The molecule has 1 aromatic heterocycles. The quantitative estimate of drug-likeness (QED) is 0.707. The molecule has 3 rings (SSSR count). The van der Waals surface area contributed by atoms with Crippen molar-refractivity contribution in [3.8, 4) is 11.3 Å². The van der Waals surface area contributed by atoms with Crippen LogP contribution in [-0.2, 0) is 6.54 Å². The molecule has 0 atom stereocenters. The molecule has 0 saturated heterocycles. The van der Waals surface area contributed by atoms with Gasteiger partial charge in [0.25, 0.3) is 5.91 Å². The second kappa shape index (κ2) is 6.66. The van der Waals surface area contributed by atoms with Crippen molar-refractivity contribution in [2.45, 2.75) is 6.54 Å². The lowest BCUT2D eigenvalue weighted by Gasteiger charge is -2.15. The second-order valence-corrected chi connectivity index (χ2v) is 5.43. The van der Waals surface area contributed by atoms with Crippen LogP contribution in [0.4, 0.5) is 8.78 Å². The van der Waals surface area contributed by atoms with Gasteiger partial charge in [-0.25, -0.2) is 8.78 Å². The molecular weight excluding hydrogens is 312 g/mol. The van der Waals surface area contributed by atoms with Gasteiger partial charge in [0.1, 0.15) is 17.4 Å². The van der Waals surface area contributed by atoms with Crippen molar-refractivity contribution in [2.75, 3.05) is 7.05 Å². The Bertz CT molecular complexity index is 873. The van der Waals surface area contributed by atoms with Crippen molar-refractivity contribution in [3.05, 3.63) is 83.6 Å². The fourth-order valence-corrected chi connectivity index (χ4v) is 2.43. The third-order valence-electron chi connectivity index (χ3n) is 3.61. The van der Waals surface area contributed by atoms with Crippen LogP contribution in [-0.4, -0.2) is 17.9 Å². The summed E-state index contributed by atoms with van der Waals surface area (Å²) in [5, 5.41) is 0. The lowest BCUT2D eigenvalue weighted by molar-refractivity contribution is 0.0754. The van der Waals surface area contributed by atoms with E-state index in [0.717, 1.165) is 0 Å². The number of hydrogen-bond acceptors (Lipinski definition) is 2. The molecule has 3 nitrogen and oxygen atoms in total. The highest BCUT2D eigenvalue weighted by Crippen LogP contribution is 2.25. The molecule has 122 valence electrons. The van der Waals surface area contributed by atoms with Crippen LogP contribution in [0.25, 0.3) is 11.3 Å². The van der Waals surface area contributed by atoms with Gasteiger partial charge >= 0.3 is 0 Å². The van der Waals surface area contributed by atoms with Crippen molar-refractivity contribution in [1.82, 2.24) is 4.90 Å². The van der Waals surface area contributed by atoms with Crippen LogP contribution in [0, 0.1) is 11.6 Å². The zero-order chi connectivity index (χ0) is 17.1. The number of carbonyl (C=O) groups is 1. The molecule has 0 aliphatic rings. The Morgan fingerprint density at radius 2 is 1.83 bits per heavy atom. The summed E-state index contributed by atoms with van der Waals surface area (Å²) in [6.45, 7) is 0.242. The maximum Gasteiger partial charge on any atom is 0.289 e. The number of amides is 1. The zero-order valence-corrected chi connectivity index (χ0v) is 13.0. The van der Waals surface area contributed by atoms with E-state index in [0.29, 0.717) is 11.1 Å². The summed E-state index contributed by atoms with van der Waals surface area (Å²) in [7, 11) is 1.60. The van der Waals surface area contributed by atoms with Crippen molar-refractivity contribution in [1.29, 1.82) is 0 Å². The number of benzene rings is 2. The molecule has 1 amide bonds. The number of halogens is 2. The minimum absolute atomic E-state index is 0.104. The summed E-state index contributed by atoms with van der Waals surface area (Å²) in [4.78, 5) is 13.8. The Kier molecular flexibility index (Phi) is 4.42. The maximum absolute atomic E-state index is 13.8. The number of carbonyl (C=O) groups excluding carboxylic acids is 1. The molecule has 0 radical (unpaired) electrons. The van der Waals surface area contributed by atoms with Crippen LogP contribution in [0.5, 0.6) is 0 Å². The Balaban J connectivity index is 1.77. The zero-order valence-electron chi connectivity index (χ0n) is 13.0. The van der Waals surface area contributed by atoms with Gasteiger partial charge in [0, 0.05) is 13.6 Å². The number of furan rings is 1. The third-order valence-corrected chi connectivity index (χ3v) is 3.61. The monoisotopic (exact) mass is 327 g/mol. The van der Waals surface area contributed by atoms with Crippen LogP contribution in [0.2, 0.25) is 0 Å². The Labute approximate surface area is 138 Å². The van der Waals surface area contributed by atoms with Gasteiger partial charge < -0.3 is 9.32 Å². The highest BCUT2D eigenvalue weighted by Gasteiger charge is 2.18. The van der Waals surface area contributed by atoms with E-state index in [1.165, 1.54) is 29.2 Å². The molecule has 0 unspecified atom stereocenters. The summed E-state index contributed by atoms with van der Waals surface area (Å²) in [6, 6.07) is 15.3. The molecule has 0 fully saturated rings. The van der Waals surface area contributed by atoms with Crippen molar-refractivity contribution < 1.29 is 18.0 Å². The van der Waals surface area contributed by atoms with Gasteiger partial charge in [0.2, 0.25) is 0 Å². The first kappa shape index (κ1) is 15.9. The van der Waals surface area contributed by atoms with E-state index in [-0.39, 0.29) is 29.8 Å². The summed E-state index contributed by atoms with van der Waals surface area (Å²) in [6.07, 6.45) is 0. The van der Waals surface area contributed by atoms with E-state index in [1.54, 1.807) is 43.4 Å². The average molecular weight is 327 g/mol. The van der Waals surface area contributed by atoms with Crippen LogP contribution in [0.15, 0.2) is 65.1 Å². The van der Waals surface area contributed by atoms with Crippen molar-refractivity contribution >= 4 is 5.91 Å². The smallest absolute Gasteiger partial charge is 0.289 e. The lowest BCUT2D eigenvalue weighted by Crippen LogP contribution is -2.25. The number of rotatable bonds is 4. The lowest BCUT2D eigenvalue weighted by atomic mass is 10.1. The van der Waals surface area contributed by atoms with E-state index in [1.807, 2.05) is 0 Å². The minimum Gasteiger partial charge on any atom is -0.451 e.